The fourth-order valence-electron chi connectivity index (χ4n) is 2.31. The summed E-state index contributed by atoms with van der Waals surface area (Å²) < 4.78 is 20.9. The van der Waals surface area contributed by atoms with Gasteiger partial charge in [0, 0.05) is 6.08 Å². The van der Waals surface area contributed by atoms with Crippen LogP contribution in [0.2, 0.25) is 0 Å². The summed E-state index contributed by atoms with van der Waals surface area (Å²) in [7, 11) is 2.69. The molecule has 0 saturated carbocycles. The van der Waals surface area contributed by atoms with Gasteiger partial charge in [0.2, 0.25) is 29.9 Å². The third-order valence-electron chi connectivity index (χ3n) is 3.11. The van der Waals surface area contributed by atoms with Crippen molar-refractivity contribution in [3.63, 3.8) is 0 Å². The van der Waals surface area contributed by atoms with Gasteiger partial charge in [-0.25, -0.2) is 0 Å². The molecule has 0 amide bonds. The number of ketones is 2. The SMILES string of the molecule is COc1c2c(c(OC)c3c1C(=O)C(=O)C=C3O)OCO2. The second-order valence-electron chi connectivity index (χ2n) is 4.10. The normalized spacial score (nSPS) is 15.8. The standard InChI is InChI=1S/C13H10O7/c1-17-10-7-5(14)3-6(15)9(16)8(7)11(18-2)13-12(10)19-4-20-13/h3,14H,4H2,1-2H3. The first-order chi connectivity index (χ1) is 9.60. The molecule has 1 aromatic carbocycles. The first kappa shape index (κ1) is 12.3. The van der Waals surface area contributed by atoms with E-state index in [1.54, 1.807) is 0 Å². The Hall–Kier alpha value is -2.70. The van der Waals surface area contributed by atoms with Crippen LogP contribution in [0.1, 0.15) is 15.9 Å². The molecular formula is C13H10O7. The van der Waals surface area contributed by atoms with E-state index in [9.17, 15) is 14.7 Å². The highest BCUT2D eigenvalue weighted by Gasteiger charge is 2.39. The topological polar surface area (TPSA) is 91.3 Å². The number of allylic oxidation sites excluding steroid dienone is 1. The Morgan fingerprint density at radius 1 is 1.05 bits per heavy atom. The summed E-state index contributed by atoms with van der Waals surface area (Å²) in [5.74, 6) is -1.43. The van der Waals surface area contributed by atoms with Crippen molar-refractivity contribution in [1.82, 2.24) is 0 Å². The number of rotatable bonds is 2. The molecule has 7 heteroatoms. The summed E-state index contributed by atoms with van der Waals surface area (Å²) in [6.07, 6.45) is 0.842. The molecule has 0 radical (unpaired) electrons. The van der Waals surface area contributed by atoms with Crippen molar-refractivity contribution < 1.29 is 33.6 Å². The number of fused-ring (bicyclic) bond motifs is 2. The van der Waals surface area contributed by atoms with E-state index >= 15 is 0 Å². The van der Waals surface area contributed by atoms with Crippen LogP contribution in [0.25, 0.3) is 5.76 Å². The van der Waals surface area contributed by atoms with Gasteiger partial charge in [-0.15, -0.1) is 0 Å². The Balaban J connectivity index is 2.45. The molecule has 0 bridgehead atoms. The molecule has 0 fully saturated rings. The second kappa shape index (κ2) is 4.16. The summed E-state index contributed by atoms with van der Waals surface area (Å²) >= 11 is 0. The number of carbonyl (C=O) groups is 2. The van der Waals surface area contributed by atoms with E-state index in [0.29, 0.717) is 0 Å². The van der Waals surface area contributed by atoms with E-state index in [1.165, 1.54) is 14.2 Å². The Bertz CT molecular complexity index is 672. The van der Waals surface area contributed by atoms with Crippen molar-refractivity contribution >= 4 is 17.3 Å². The minimum absolute atomic E-state index is 0.0475. The molecule has 0 saturated heterocycles. The number of aliphatic hydroxyl groups excluding tert-OH is 1. The predicted octanol–water partition coefficient (Wildman–Crippen LogP) is 1.10. The van der Waals surface area contributed by atoms with Gasteiger partial charge in [-0.1, -0.05) is 0 Å². The molecule has 1 aliphatic carbocycles. The number of ether oxygens (including phenoxy) is 4. The molecule has 3 rings (SSSR count). The lowest BCUT2D eigenvalue weighted by Gasteiger charge is -2.20. The maximum Gasteiger partial charge on any atom is 0.237 e. The summed E-state index contributed by atoms with van der Waals surface area (Å²) in [4.78, 5) is 23.7. The summed E-state index contributed by atoms with van der Waals surface area (Å²) in [5.41, 5.74) is -0.0169. The minimum Gasteiger partial charge on any atom is -0.507 e. The first-order valence-corrected chi connectivity index (χ1v) is 5.67. The summed E-state index contributed by atoms with van der Waals surface area (Å²) in [5, 5.41) is 9.97. The van der Waals surface area contributed by atoms with Crippen LogP contribution in [0.3, 0.4) is 0 Å². The average Bonchev–Trinajstić information content (AvgIpc) is 2.91. The molecule has 2 aliphatic rings. The number of carbonyl (C=O) groups excluding carboxylic acids is 2. The van der Waals surface area contributed by atoms with Gasteiger partial charge in [0.15, 0.2) is 11.5 Å². The average molecular weight is 278 g/mol. The number of methoxy groups -OCH3 is 2. The molecule has 7 nitrogen and oxygen atoms in total. The van der Waals surface area contributed by atoms with Gasteiger partial charge in [0.1, 0.15) is 5.76 Å². The van der Waals surface area contributed by atoms with Gasteiger partial charge < -0.3 is 24.1 Å². The van der Waals surface area contributed by atoms with Crippen LogP contribution in [-0.4, -0.2) is 37.7 Å². The van der Waals surface area contributed by atoms with E-state index in [4.69, 9.17) is 18.9 Å². The van der Waals surface area contributed by atoms with Crippen molar-refractivity contribution in [1.29, 1.82) is 0 Å². The fourth-order valence-corrected chi connectivity index (χ4v) is 2.31. The lowest BCUT2D eigenvalue weighted by Crippen LogP contribution is -2.20. The maximum atomic E-state index is 12.1. The van der Waals surface area contributed by atoms with Crippen LogP contribution < -0.4 is 18.9 Å². The largest absolute Gasteiger partial charge is 0.507 e. The molecule has 1 N–H and O–H groups in total. The molecule has 1 aromatic rings. The predicted molar refractivity (Wildman–Crippen MR) is 65.6 cm³/mol. The number of benzene rings is 1. The minimum atomic E-state index is -0.839. The molecule has 20 heavy (non-hydrogen) atoms. The molecular weight excluding hydrogens is 268 g/mol. The third kappa shape index (κ3) is 1.40. The molecule has 1 heterocycles. The van der Waals surface area contributed by atoms with Crippen LogP contribution in [0.5, 0.6) is 23.0 Å². The van der Waals surface area contributed by atoms with Crippen LogP contribution in [0.15, 0.2) is 6.08 Å². The van der Waals surface area contributed by atoms with Crippen molar-refractivity contribution in [3.05, 3.63) is 17.2 Å². The molecule has 0 spiro atoms. The van der Waals surface area contributed by atoms with Crippen molar-refractivity contribution in [2.75, 3.05) is 21.0 Å². The van der Waals surface area contributed by atoms with E-state index in [2.05, 4.69) is 0 Å². The van der Waals surface area contributed by atoms with E-state index in [0.717, 1.165) is 6.08 Å². The van der Waals surface area contributed by atoms with Crippen LogP contribution in [0, 0.1) is 0 Å². The van der Waals surface area contributed by atoms with Gasteiger partial charge in [0.25, 0.3) is 0 Å². The Morgan fingerprint density at radius 3 is 2.15 bits per heavy atom. The zero-order valence-electron chi connectivity index (χ0n) is 10.7. The van der Waals surface area contributed by atoms with Crippen LogP contribution >= 0.6 is 0 Å². The molecule has 0 atom stereocenters. The van der Waals surface area contributed by atoms with Crippen molar-refractivity contribution in [3.8, 4) is 23.0 Å². The quantitative estimate of drug-likeness (QED) is 0.810. The summed E-state index contributed by atoms with van der Waals surface area (Å²) in [6.45, 7) is -0.0719. The highest BCUT2D eigenvalue weighted by molar-refractivity contribution is 6.51. The second-order valence-corrected chi connectivity index (χ2v) is 4.10. The van der Waals surface area contributed by atoms with Crippen molar-refractivity contribution in [2.24, 2.45) is 0 Å². The highest BCUT2D eigenvalue weighted by Crippen LogP contribution is 2.54. The molecule has 0 unspecified atom stereocenters. The third-order valence-corrected chi connectivity index (χ3v) is 3.11. The Labute approximate surface area is 113 Å². The number of Topliss-reactive ketones (excluding diaryl/α,β-unsaturated/α-hetero) is 1. The molecule has 1 aliphatic heterocycles. The van der Waals surface area contributed by atoms with Gasteiger partial charge in [-0.2, -0.15) is 0 Å². The Morgan fingerprint density at radius 2 is 1.60 bits per heavy atom. The smallest absolute Gasteiger partial charge is 0.237 e. The highest BCUT2D eigenvalue weighted by atomic mass is 16.7. The number of aliphatic hydroxyl groups is 1. The zero-order valence-corrected chi connectivity index (χ0v) is 10.7. The number of hydrogen-bond acceptors (Lipinski definition) is 7. The van der Waals surface area contributed by atoms with E-state index in [-0.39, 0.29) is 46.7 Å². The maximum absolute atomic E-state index is 12.1. The zero-order chi connectivity index (χ0) is 14.4. The van der Waals surface area contributed by atoms with Gasteiger partial charge in [-0.05, 0) is 0 Å². The first-order valence-electron chi connectivity index (χ1n) is 5.67. The van der Waals surface area contributed by atoms with Crippen LogP contribution in [-0.2, 0) is 4.79 Å². The van der Waals surface area contributed by atoms with Gasteiger partial charge in [0.05, 0.1) is 25.3 Å². The fraction of sp³-hybridized carbons (Fsp3) is 0.231. The van der Waals surface area contributed by atoms with Crippen LogP contribution in [0.4, 0.5) is 0 Å². The lowest BCUT2D eigenvalue weighted by atomic mass is 9.91. The monoisotopic (exact) mass is 278 g/mol. The van der Waals surface area contributed by atoms with Gasteiger partial charge in [-0.3, -0.25) is 9.59 Å². The lowest BCUT2D eigenvalue weighted by molar-refractivity contribution is -0.111. The Kier molecular flexibility index (Phi) is 2.56. The van der Waals surface area contributed by atoms with Crippen molar-refractivity contribution in [2.45, 2.75) is 0 Å². The van der Waals surface area contributed by atoms with Gasteiger partial charge >= 0.3 is 0 Å². The number of hydrogen-bond donors (Lipinski definition) is 1. The molecule has 0 aromatic heterocycles. The van der Waals surface area contributed by atoms with E-state index in [1.807, 2.05) is 0 Å². The van der Waals surface area contributed by atoms with E-state index < -0.39 is 11.6 Å². The summed E-state index contributed by atoms with van der Waals surface area (Å²) in [6, 6.07) is 0. The molecule has 104 valence electrons.